The molecule has 0 aliphatic rings. The van der Waals surface area contributed by atoms with Gasteiger partial charge in [0.15, 0.2) is 0 Å². The molecule has 0 fully saturated rings. The first-order valence-electron chi connectivity index (χ1n) is 4.56. The number of hydrogen-bond acceptors (Lipinski definition) is 1. The van der Waals surface area contributed by atoms with Gasteiger partial charge in [0.05, 0.1) is 6.61 Å². The van der Waals surface area contributed by atoms with Gasteiger partial charge in [0, 0.05) is 7.11 Å². The van der Waals surface area contributed by atoms with E-state index in [9.17, 15) is 0 Å². The molecule has 0 unspecified atom stereocenters. The lowest BCUT2D eigenvalue weighted by molar-refractivity contribution is 0.227. The van der Waals surface area contributed by atoms with E-state index in [0.717, 1.165) is 0 Å². The highest BCUT2D eigenvalue weighted by Crippen LogP contribution is 2.08. The molecule has 0 aromatic heterocycles. The minimum atomic E-state index is 0.645. The first-order chi connectivity index (χ1) is 5.74. The zero-order valence-electron chi connectivity index (χ0n) is 8.63. The monoisotopic (exact) mass is 168 g/mol. The molecule has 12 heavy (non-hydrogen) atoms. The van der Waals surface area contributed by atoms with Crippen molar-refractivity contribution in [2.75, 3.05) is 13.7 Å². The molecule has 0 aliphatic carbocycles. The van der Waals surface area contributed by atoms with Crippen LogP contribution in [0.3, 0.4) is 0 Å². The van der Waals surface area contributed by atoms with Crippen molar-refractivity contribution in [1.29, 1.82) is 0 Å². The molecule has 0 amide bonds. The lowest BCUT2D eigenvalue weighted by Gasteiger charge is -2.05. The van der Waals surface area contributed by atoms with Crippen molar-refractivity contribution in [3.8, 4) is 0 Å². The lowest BCUT2D eigenvalue weighted by atomic mass is 10.1. The van der Waals surface area contributed by atoms with Crippen LogP contribution in [0.1, 0.15) is 27.2 Å². The maximum absolute atomic E-state index is 5.08. The molecule has 0 aromatic rings. The van der Waals surface area contributed by atoms with Gasteiger partial charge in [-0.05, 0) is 18.4 Å². The molecule has 0 radical (unpaired) electrons. The molecule has 1 atom stereocenters. The quantitative estimate of drug-likeness (QED) is 0.573. The average Bonchev–Trinajstić information content (AvgIpc) is 2.05. The van der Waals surface area contributed by atoms with E-state index >= 15 is 0 Å². The van der Waals surface area contributed by atoms with Gasteiger partial charge in [-0.2, -0.15) is 0 Å². The minimum absolute atomic E-state index is 0.645. The van der Waals surface area contributed by atoms with E-state index in [4.69, 9.17) is 4.74 Å². The molecule has 0 heterocycles. The van der Waals surface area contributed by atoms with Crippen molar-refractivity contribution >= 4 is 0 Å². The molecular weight excluding hydrogens is 148 g/mol. The van der Waals surface area contributed by atoms with Gasteiger partial charge in [-0.3, -0.25) is 0 Å². The third-order valence-electron chi connectivity index (χ3n) is 1.83. The van der Waals surface area contributed by atoms with Gasteiger partial charge >= 0.3 is 0 Å². The van der Waals surface area contributed by atoms with E-state index in [2.05, 4.69) is 26.0 Å². The van der Waals surface area contributed by atoms with Crippen molar-refractivity contribution in [3.63, 3.8) is 0 Å². The molecule has 0 saturated heterocycles. The molecule has 1 nitrogen and oxygen atoms in total. The Morgan fingerprint density at radius 1 is 1.50 bits per heavy atom. The van der Waals surface area contributed by atoms with E-state index in [-0.39, 0.29) is 0 Å². The van der Waals surface area contributed by atoms with E-state index in [1.54, 1.807) is 7.11 Å². The van der Waals surface area contributed by atoms with Gasteiger partial charge in [0.1, 0.15) is 0 Å². The Morgan fingerprint density at radius 2 is 2.17 bits per heavy atom. The molecule has 0 aromatic carbocycles. The van der Waals surface area contributed by atoms with Crippen molar-refractivity contribution in [1.82, 2.24) is 0 Å². The van der Waals surface area contributed by atoms with Crippen LogP contribution in [0, 0.1) is 5.92 Å². The number of methoxy groups -OCH3 is 1. The molecule has 0 N–H and O–H groups in total. The molecule has 0 bridgehead atoms. The van der Waals surface area contributed by atoms with Crippen LogP contribution < -0.4 is 0 Å². The molecule has 0 aliphatic heterocycles. The minimum Gasteiger partial charge on any atom is -0.380 e. The third-order valence-corrected chi connectivity index (χ3v) is 1.83. The SMILES string of the molecule is CC=C/C(=C\[C@H](C)CC)COC. The molecule has 0 rings (SSSR count). The Labute approximate surface area is 76.1 Å². The fraction of sp³-hybridized carbons (Fsp3) is 0.636. The van der Waals surface area contributed by atoms with Gasteiger partial charge in [-0.15, -0.1) is 0 Å². The highest BCUT2D eigenvalue weighted by Gasteiger charge is 1.96. The molecule has 0 spiro atoms. The highest BCUT2D eigenvalue weighted by atomic mass is 16.5. The van der Waals surface area contributed by atoms with Crippen molar-refractivity contribution in [2.45, 2.75) is 27.2 Å². The van der Waals surface area contributed by atoms with Crippen LogP contribution in [0.25, 0.3) is 0 Å². The van der Waals surface area contributed by atoms with Gasteiger partial charge < -0.3 is 4.74 Å². The summed E-state index contributed by atoms with van der Waals surface area (Å²) in [4.78, 5) is 0. The Kier molecular flexibility index (Phi) is 6.78. The second-order valence-electron chi connectivity index (χ2n) is 3.06. The fourth-order valence-corrected chi connectivity index (χ4v) is 1.02. The molecule has 0 saturated carbocycles. The van der Waals surface area contributed by atoms with Crippen LogP contribution in [0.5, 0.6) is 0 Å². The summed E-state index contributed by atoms with van der Waals surface area (Å²) >= 11 is 0. The Balaban J connectivity index is 4.16. The molecule has 70 valence electrons. The number of rotatable bonds is 5. The van der Waals surface area contributed by atoms with E-state index in [1.807, 2.05) is 13.0 Å². The number of ether oxygens (including phenoxy) is 1. The van der Waals surface area contributed by atoms with Crippen LogP contribution in [0.2, 0.25) is 0 Å². The van der Waals surface area contributed by atoms with Gasteiger partial charge in [0.2, 0.25) is 0 Å². The summed E-state index contributed by atoms with van der Waals surface area (Å²) < 4.78 is 5.08. The standard InChI is InChI=1S/C11H20O/c1-5-7-11(9-12-4)8-10(3)6-2/h5,7-8,10H,6,9H2,1-4H3/b7-5?,11-8+/t10-/m1/s1. The van der Waals surface area contributed by atoms with Gasteiger partial charge in [-0.25, -0.2) is 0 Å². The molecular formula is C11H20O. The van der Waals surface area contributed by atoms with Crippen LogP contribution >= 0.6 is 0 Å². The van der Waals surface area contributed by atoms with Crippen molar-refractivity contribution in [2.24, 2.45) is 5.92 Å². The number of hydrogen-bond donors (Lipinski definition) is 0. The first kappa shape index (κ1) is 11.4. The zero-order chi connectivity index (χ0) is 9.40. The second kappa shape index (κ2) is 7.11. The van der Waals surface area contributed by atoms with Crippen molar-refractivity contribution in [3.05, 3.63) is 23.8 Å². The van der Waals surface area contributed by atoms with Gasteiger partial charge in [0.25, 0.3) is 0 Å². The Hall–Kier alpha value is -0.560. The van der Waals surface area contributed by atoms with Crippen LogP contribution in [-0.2, 0) is 4.74 Å². The maximum Gasteiger partial charge on any atom is 0.0710 e. The first-order valence-corrected chi connectivity index (χ1v) is 4.56. The Bertz CT molecular complexity index is 156. The maximum atomic E-state index is 5.08. The number of allylic oxidation sites excluding steroid dienone is 2. The van der Waals surface area contributed by atoms with Crippen LogP contribution in [0.4, 0.5) is 0 Å². The largest absolute Gasteiger partial charge is 0.380 e. The normalized spacial score (nSPS) is 15.5. The van der Waals surface area contributed by atoms with Crippen molar-refractivity contribution < 1.29 is 4.74 Å². The van der Waals surface area contributed by atoms with E-state index in [1.165, 1.54) is 12.0 Å². The summed E-state index contributed by atoms with van der Waals surface area (Å²) in [6.45, 7) is 7.16. The summed E-state index contributed by atoms with van der Waals surface area (Å²) in [6, 6.07) is 0. The van der Waals surface area contributed by atoms with Crippen LogP contribution in [-0.4, -0.2) is 13.7 Å². The fourth-order valence-electron chi connectivity index (χ4n) is 1.02. The topological polar surface area (TPSA) is 9.23 Å². The van der Waals surface area contributed by atoms with E-state index in [0.29, 0.717) is 12.5 Å². The molecule has 1 heteroatoms. The highest BCUT2D eigenvalue weighted by molar-refractivity contribution is 5.19. The summed E-state index contributed by atoms with van der Waals surface area (Å²) in [5.41, 5.74) is 1.27. The zero-order valence-corrected chi connectivity index (χ0v) is 8.63. The van der Waals surface area contributed by atoms with Crippen LogP contribution in [0.15, 0.2) is 23.8 Å². The van der Waals surface area contributed by atoms with Gasteiger partial charge in [-0.1, -0.05) is 38.5 Å². The predicted octanol–water partition coefficient (Wildman–Crippen LogP) is 3.18. The Morgan fingerprint density at radius 3 is 2.58 bits per heavy atom. The lowest BCUT2D eigenvalue weighted by Crippen LogP contribution is -1.95. The summed E-state index contributed by atoms with van der Waals surface area (Å²) in [7, 11) is 1.73. The predicted molar refractivity (Wildman–Crippen MR) is 54.2 cm³/mol. The van der Waals surface area contributed by atoms with E-state index < -0.39 is 0 Å². The second-order valence-corrected chi connectivity index (χ2v) is 3.06. The summed E-state index contributed by atoms with van der Waals surface area (Å²) in [5.74, 6) is 0.645. The third kappa shape index (κ3) is 5.14. The summed E-state index contributed by atoms with van der Waals surface area (Å²) in [6.07, 6.45) is 7.61. The smallest absolute Gasteiger partial charge is 0.0710 e. The summed E-state index contributed by atoms with van der Waals surface area (Å²) in [5, 5.41) is 0. The average molecular weight is 168 g/mol.